The Morgan fingerprint density at radius 2 is 1.56 bits per heavy atom. The van der Waals surface area contributed by atoms with Gasteiger partial charge in [-0.05, 0) is 110 Å². The van der Waals surface area contributed by atoms with Gasteiger partial charge in [0, 0.05) is 84.5 Å². The van der Waals surface area contributed by atoms with Crippen molar-refractivity contribution in [2.24, 2.45) is 11.7 Å². The average molecular weight is 859 g/mol. The molecule has 3 fully saturated rings. The summed E-state index contributed by atoms with van der Waals surface area (Å²) in [6.07, 6.45) is 5.13. The molecule has 8 rings (SSSR count). The summed E-state index contributed by atoms with van der Waals surface area (Å²) in [6.45, 7) is 6.51. The molecule has 3 saturated heterocycles. The van der Waals surface area contributed by atoms with Crippen LogP contribution in [0.4, 0.5) is 33.2 Å². The number of rotatable bonds is 13. The molecule has 3 aliphatic rings. The third kappa shape index (κ3) is 10.2. The molecule has 0 bridgehead atoms. The van der Waals surface area contributed by atoms with E-state index in [0.29, 0.717) is 51.8 Å². The molecular weight excluding hydrogens is 811 g/mol. The van der Waals surface area contributed by atoms with Gasteiger partial charge in [-0.2, -0.15) is 4.98 Å². The van der Waals surface area contributed by atoms with Gasteiger partial charge in [0.25, 0.3) is 5.91 Å². The normalized spacial score (nSPS) is 17.6. The predicted octanol–water partition coefficient (Wildman–Crippen LogP) is 6.61. The number of aromatic nitrogens is 2. The van der Waals surface area contributed by atoms with Crippen molar-refractivity contribution in [1.82, 2.24) is 30.6 Å². The van der Waals surface area contributed by atoms with E-state index < -0.39 is 11.7 Å². The summed E-state index contributed by atoms with van der Waals surface area (Å²) >= 11 is 6.41. The number of amides is 4. The number of carbonyl (C=O) groups is 4. The van der Waals surface area contributed by atoms with Crippen molar-refractivity contribution in [3.8, 4) is 11.1 Å². The largest absolute Gasteiger partial charge is 0.369 e. The fourth-order valence-corrected chi connectivity index (χ4v) is 8.53. The van der Waals surface area contributed by atoms with E-state index in [9.17, 15) is 23.6 Å². The van der Waals surface area contributed by atoms with Gasteiger partial charge in [0.15, 0.2) is 11.6 Å². The number of nitrogens with zero attached hydrogens (tertiary/aromatic N) is 5. The summed E-state index contributed by atoms with van der Waals surface area (Å²) in [5, 5.41) is 10.9. The summed E-state index contributed by atoms with van der Waals surface area (Å²) in [5.74, 6) is -1.53. The number of piperazine rings is 1. The highest BCUT2D eigenvalue weighted by atomic mass is 35.5. The highest BCUT2D eigenvalue weighted by molar-refractivity contribution is 6.33. The van der Waals surface area contributed by atoms with Crippen LogP contribution in [-0.4, -0.2) is 89.3 Å². The molecule has 62 heavy (non-hydrogen) atoms. The highest BCUT2D eigenvalue weighted by Crippen LogP contribution is 2.34. The number of benzene rings is 4. The van der Waals surface area contributed by atoms with Crippen LogP contribution in [0.15, 0.2) is 97.2 Å². The number of carbonyl (C=O) groups excluding carboxylic acids is 4. The summed E-state index contributed by atoms with van der Waals surface area (Å²) in [7, 11) is 0. The molecule has 1 aromatic heterocycles. The van der Waals surface area contributed by atoms with E-state index in [1.165, 1.54) is 0 Å². The second-order valence-corrected chi connectivity index (χ2v) is 16.3. The van der Waals surface area contributed by atoms with E-state index in [1.807, 2.05) is 17.1 Å². The van der Waals surface area contributed by atoms with Gasteiger partial charge >= 0.3 is 0 Å². The van der Waals surface area contributed by atoms with Crippen molar-refractivity contribution in [2.45, 2.75) is 38.0 Å². The second kappa shape index (κ2) is 19.1. The maximum absolute atomic E-state index is 14.9. The highest BCUT2D eigenvalue weighted by Gasteiger charge is 2.28. The van der Waals surface area contributed by atoms with Crippen LogP contribution in [-0.2, 0) is 9.59 Å². The lowest BCUT2D eigenvalue weighted by Gasteiger charge is -2.37. The molecule has 16 heteroatoms. The van der Waals surface area contributed by atoms with Gasteiger partial charge in [-0.1, -0.05) is 41.9 Å². The molecule has 0 aliphatic carbocycles. The molecule has 4 aromatic carbocycles. The van der Waals surface area contributed by atoms with E-state index in [2.05, 4.69) is 53.3 Å². The minimum absolute atomic E-state index is 0.0911. The van der Waals surface area contributed by atoms with E-state index in [4.69, 9.17) is 17.3 Å². The topological polar surface area (TPSA) is 178 Å². The molecule has 3 aliphatic heterocycles. The molecule has 1 unspecified atom stereocenters. The first kappa shape index (κ1) is 42.3. The first-order valence-corrected chi connectivity index (χ1v) is 21.3. The van der Waals surface area contributed by atoms with Crippen LogP contribution in [0.1, 0.15) is 64.3 Å². The second-order valence-electron chi connectivity index (χ2n) is 15.9. The van der Waals surface area contributed by atoms with Gasteiger partial charge < -0.3 is 21.3 Å². The summed E-state index contributed by atoms with van der Waals surface area (Å²) in [4.78, 5) is 62.5. The molecule has 4 amide bonds. The number of nitrogens with two attached hydrogens (primary N) is 1. The Hall–Kier alpha value is -6.42. The van der Waals surface area contributed by atoms with Crippen molar-refractivity contribution >= 4 is 64.1 Å². The summed E-state index contributed by atoms with van der Waals surface area (Å²) in [6, 6.07) is 26.9. The van der Waals surface area contributed by atoms with Crippen LogP contribution in [0.25, 0.3) is 11.1 Å². The number of anilines is 5. The molecule has 5 aromatic rings. The Bertz CT molecular complexity index is 2440. The lowest BCUT2D eigenvalue weighted by molar-refractivity contribution is -0.134. The third-order valence-corrected chi connectivity index (χ3v) is 12.2. The smallest absolute Gasteiger partial charge is 0.265 e. The fraction of sp³-hybridized carbons (Fsp3) is 0.304. The van der Waals surface area contributed by atoms with Crippen LogP contribution >= 0.6 is 11.6 Å². The average Bonchev–Trinajstić information content (AvgIpc) is 3.28. The van der Waals surface area contributed by atoms with Crippen molar-refractivity contribution in [3.63, 3.8) is 0 Å². The molecule has 6 N–H and O–H groups in total. The molecular formula is C46H48ClFN10O4. The van der Waals surface area contributed by atoms with Crippen LogP contribution in [0.5, 0.6) is 0 Å². The maximum Gasteiger partial charge on any atom is 0.265 e. The van der Waals surface area contributed by atoms with Crippen molar-refractivity contribution in [3.05, 3.63) is 125 Å². The monoisotopic (exact) mass is 858 g/mol. The maximum atomic E-state index is 14.9. The molecule has 0 radical (unpaired) electrons. The number of hydrogen-bond acceptors (Lipinski definition) is 11. The number of hydrazine groups is 1. The number of piperidine rings is 2. The minimum atomic E-state index is -0.686. The predicted molar refractivity (Wildman–Crippen MR) is 237 cm³/mol. The molecule has 4 heterocycles. The SMILES string of the molecule is NC(=O)c1ccc(Nc2nc(Nc3ccc(C(=O)NN4CCC(CCN5CCN(c6ccc(C7CCC(=O)NC7=O)cc6)CC5)CC4)cc3)ncc2F)cc1-c1ccccc1Cl. The molecule has 14 nitrogen and oxygen atoms in total. The van der Waals surface area contributed by atoms with Gasteiger partial charge in [-0.15, -0.1) is 0 Å². The lowest BCUT2D eigenvalue weighted by atomic mass is 9.90. The standard InChI is InChI=1S/C46H48ClFN10O4/c47-39-4-2-1-3-36(39)38-27-33(11-14-37(38)42(49)60)51-43-40(48)28-50-46(54-43)52-32-9-5-31(6-10-32)44(61)55-58-21-18-29(19-22-58)17-20-56-23-25-57(26-24-56)34-12-7-30(8-13-34)35-15-16-41(59)53-45(35)62/h1-14,27-29,35H,15-26H2,(H2,49,60)(H,55,61)(H,53,59,62)(H2,50,51,52,54). The number of halogens is 2. The molecule has 320 valence electrons. The number of primary amides is 1. The fourth-order valence-electron chi connectivity index (χ4n) is 8.29. The van der Waals surface area contributed by atoms with E-state index in [0.717, 1.165) is 82.5 Å². The van der Waals surface area contributed by atoms with Gasteiger partial charge in [-0.25, -0.2) is 14.4 Å². The third-order valence-electron chi connectivity index (χ3n) is 11.9. The molecule has 0 saturated carbocycles. The summed E-state index contributed by atoms with van der Waals surface area (Å²) in [5.41, 5.74) is 13.7. The summed E-state index contributed by atoms with van der Waals surface area (Å²) < 4.78 is 14.9. The van der Waals surface area contributed by atoms with Crippen molar-refractivity contribution in [2.75, 3.05) is 61.3 Å². The Balaban J connectivity index is 0.767. The van der Waals surface area contributed by atoms with Gasteiger partial charge in [0.05, 0.1) is 12.1 Å². The minimum Gasteiger partial charge on any atom is -0.369 e. The number of imide groups is 1. The van der Waals surface area contributed by atoms with Crippen LogP contribution < -0.4 is 32.0 Å². The van der Waals surface area contributed by atoms with Crippen molar-refractivity contribution < 1.29 is 23.6 Å². The Kier molecular flexibility index (Phi) is 13.0. The van der Waals surface area contributed by atoms with Gasteiger partial charge in [0.2, 0.25) is 23.7 Å². The Morgan fingerprint density at radius 1 is 0.839 bits per heavy atom. The van der Waals surface area contributed by atoms with E-state index in [1.54, 1.807) is 66.7 Å². The first-order valence-electron chi connectivity index (χ1n) is 20.9. The van der Waals surface area contributed by atoms with Gasteiger partial charge in [0.1, 0.15) is 0 Å². The molecule has 0 spiro atoms. The zero-order chi connectivity index (χ0) is 43.2. The zero-order valence-electron chi connectivity index (χ0n) is 34.1. The number of hydrogen-bond donors (Lipinski definition) is 5. The lowest BCUT2D eigenvalue weighted by Crippen LogP contribution is -2.48. The van der Waals surface area contributed by atoms with Crippen molar-refractivity contribution in [1.29, 1.82) is 0 Å². The van der Waals surface area contributed by atoms with Crippen LogP contribution in [0, 0.1) is 11.7 Å². The molecule has 1 atom stereocenters. The van der Waals surface area contributed by atoms with E-state index in [-0.39, 0.29) is 41.0 Å². The van der Waals surface area contributed by atoms with Crippen LogP contribution in [0.2, 0.25) is 5.02 Å². The zero-order valence-corrected chi connectivity index (χ0v) is 34.8. The van der Waals surface area contributed by atoms with Crippen LogP contribution in [0.3, 0.4) is 0 Å². The van der Waals surface area contributed by atoms with E-state index >= 15 is 0 Å². The van der Waals surface area contributed by atoms with Gasteiger partial charge in [-0.3, -0.25) is 34.8 Å². The quantitative estimate of drug-likeness (QED) is 0.0806. The first-order chi connectivity index (χ1) is 30.1. The number of nitrogens with one attached hydrogen (secondary N) is 4. The Morgan fingerprint density at radius 3 is 2.27 bits per heavy atom. The Labute approximate surface area is 364 Å².